The van der Waals surface area contributed by atoms with Gasteiger partial charge in [0, 0.05) is 6.54 Å². The van der Waals surface area contributed by atoms with Crippen molar-refractivity contribution in [2.24, 2.45) is 5.92 Å². The topological polar surface area (TPSA) is 12.5 Å². The number of nitrogens with zero attached hydrogens (tertiary/aromatic N) is 1. The average molecular weight is 299 g/mol. The summed E-state index contributed by atoms with van der Waals surface area (Å²) in [5.41, 5.74) is 1.24. The number of ether oxygens (including phenoxy) is 1. The van der Waals surface area contributed by atoms with E-state index in [1.807, 2.05) is 35.2 Å². The molecule has 0 N–H and O–H groups in total. The van der Waals surface area contributed by atoms with Crippen LogP contribution in [0.25, 0.3) is 0 Å². The third kappa shape index (κ3) is 4.08. The van der Waals surface area contributed by atoms with E-state index < -0.39 is 12.1 Å². The van der Waals surface area contributed by atoms with Gasteiger partial charge in [0.2, 0.25) is 0 Å². The van der Waals surface area contributed by atoms with Crippen molar-refractivity contribution in [2.45, 2.75) is 25.6 Å². The standard InChI is InChI=1S/C16H20F3NO/c1-12(2)14(16(17,18)19)8-9-20-11-21-10-15(20)13-6-4-3-5-7-13/h3-7,14-15H,1,8-11H2,2H3/t14-,15-/m1/s1. The van der Waals surface area contributed by atoms with Crippen molar-refractivity contribution < 1.29 is 17.9 Å². The Balaban J connectivity index is 2.00. The maximum absolute atomic E-state index is 13.0. The summed E-state index contributed by atoms with van der Waals surface area (Å²) < 4.78 is 44.3. The summed E-state index contributed by atoms with van der Waals surface area (Å²) in [4.78, 5) is 1.96. The van der Waals surface area contributed by atoms with Crippen molar-refractivity contribution in [1.29, 1.82) is 0 Å². The number of hydrogen-bond acceptors (Lipinski definition) is 2. The van der Waals surface area contributed by atoms with Crippen molar-refractivity contribution >= 4 is 0 Å². The number of allylic oxidation sites excluding steroid dienone is 1. The number of benzene rings is 1. The molecular formula is C16H20F3NO. The van der Waals surface area contributed by atoms with Gasteiger partial charge in [0.25, 0.3) is 0 Å². The molecule has 1 fully saturated rings. The van der Waals surface area contributed by atoms with E-state index in [-0.39, 0.29) is 18.0 Å². The second-order valence-electron chi connectivity index (χ2n) is 5.47. The Morgan fingerprint density at radius 3 is 2.62 bits per heavy atom. The van der Waals surface area contributed by atoms with E-state index in [1.165, 1.54) is 6.92 Å². The van der Waals surface area contributed by atoms with Gasteiger partial charge in [-0.05, 0) is 18.9 Å². The molecule has 116 valence electrons. The van der Waals surface area contributed by atoms with Crippen LogP contribution in [0.1, 0.15) is 24.9 Å². The summed E-state index contributed by atoms with van der Waals surface area (Å²) in [5, 5.41) is 0. The van der Waals surface area contributed by atoms with E-state index >= 15 is 0 Å². The lowest BCUT2D eigenvalue weighted by Crippen LogP contribution is -2.31. The lowest BCUT2D eigenvalue weighted by Gasteiger charge is -2.26. The second-order valence-corrected chi connectivity index (χ2v) is 5.47. The SMILES string of the molecule is C=C(C)[C@@H](CCN1COC[C@@H]1c1ccccc1)C(F)(F)F. The lowest BCUT2D eigenvalue weighted by atomic mass is 9.96. The average Bonchev–Trinajstić information content (AvgIpc) is 2.86. The highest BCUT2D eigenvalue weighted by Crippen LogP contribution is 2.35. The lowest BCUT2D eigenvalue weighted by molar-refractivity contribution is -0.166. The van der Waals surface area contributed by atoms with E-state index in [0.717, 1.165) is 5.56 Å². The number of rotatable bonds is 5. The fourth-order valence-corrected chi connectivity index (χ4v) is 2.66. The minimum Gasteiger partial charge on any atom is -0.364 e. The first kappa shape index (κ1) is 16.0. The van der Waals surface area contributed by atoms with Crippen LogP contribution < -0.4 is 0 Å². The van der Waals surface area contributed by atoms with Crippen LogP contribution in [0.4, 0.5) is 13.2 Å². The first-order valence-corrected chi connectivity index (χ1v) is 6.98. The van der Waals surface area contributed by atoms with E-state index in [0.29, 0.717) is 19.9 Å². The molecule has 1 saturated heterocycles. The van der Waals surface area contributed by atoms with Gasteiger partial charge in [0.15, 0.2) is 0 Å². The van der Waals surface area contributed by atoms with Crippen molar-refractivity contribution in [3.05, 3.63) is 48.0 Å². The normalized spacial score (nSPS) is 21.4. The van der Waals surface area contributed by atoms with Crippen molar-refractivity contribution in [3.63, 3.8) is 0 Å². The first-order valence-electron chi connectivity index (χ1n) is 6.98. The van der Waals surface area contributed by atoms with E-state index in [9.17, 15) is 13.2 Å². The molecule has 1 aromatic carbocycles. The smallest absolute Gasteiger partial charge is 0.364 e. The molecule has 2 nitrogen and oxygen atoms in total. The predicted molar refractivity (Wildman–Crippen MR) is 75.7 cm³/mol. The summed E-state index contributed by atoms with van der Waals surface area (Å²) in [7, 11) is 0. The number of halogens is 3. The zero-order valence-electron chi connectivity index (χ0n) is 12.1. The minimum absolute atomic E-state index is 0.0194. The van der Waals surface area contributed by atoms with Crippen LogP contribution in [0.3, 0.4) is 0 Å². The molecule has 0 aliphatic carbocycles. The Labute approximate surface area is 123 Å². The molecule has 0 amide bonds. The van der Waals surface area contributed by atoms with E-state index in [1.54, 1.807) is 0 Å². The highest BCUT2D eigenvalue weighted by Gasteiger charge is 2.40. The third-order valence-corrected chi connectivity index (χ3v) is 3.85. The highest BCUT2D eigenvalue weighted by molar-refractivity contribution is 5.19. The Morgan fingerprint density at radius 2 is 2.05 bits per heavy atom. The Hall–Kier alpha value is -1.33. The van der Waals surface area contributed by atoms with Gasteiger partial charge >= 0.3 is 6.18 Å². The third-order valence-electron chi connectivity index (χ3n) is 3.85. The van der Waals surface area contributed by atoms with Crippen LogP contribution >= 0.6 is 0 Å². The predicted octanol–water partition coefficient (Wildman–Crippen LogP) is 4.16. The Bertz CT molecular complexity index is 472. The fraction of sp³-hybridized carbons (Fsp3) is 0.500. The molecule has 2 atom stereocenters. The zero-order chi connectivity index (χ0) is 15.5. The molecule has 0 unspecified atom stereocenters. The van der Waals surface area contributed by atoms with Crippen LogP contribution in [0.2, 0.25) is 0 Å². The maximum Gasteiger partial charge on any atom is 0.395 e. The van der Waals surface area contributed by atoms with Gasteiger partial charge in [-0.3, -0.25) is 4.90 Å². The Morgan fingerprint density at radius 1 is 1.38 bits per heavy atom. The van der Waals surface area contributed by atoms with Gasteiger partial charge < -0.3 is 4.74 Å². The van der Waals surface area contributed by atoms with Gasteiger partial charge in [-0.2, -0.15) is 13.2 Å². The van der Waals surface area contributed by atoms with Crippen molar-refractivity contribution in [2.75, 3.05) is 19.9 Å². The zero-order valence-corrected chi connectivity index (χ0v) is 12.1. The van der Waals surface area contributed by atoms with Gasteiger partial charge in [-0.25, -0.2) is 0 Å². The van der Waals surface area contributed by atoms with Gasteiger partial charge in [0.05, 0.1) is 25.3 Å². The van der Waals surface area contributed by atoms with Crippen molar-refractivity contribution in [1.82, 2.24) is 4.90 Å². The first-order chi connectivity index (χ1) is 9.89. The summed E-state index contributed by atoms with van der Waals surface area (Å²) >= 11 is 0. The van der Waals surface area contributed by atoms with Crippen LogP contribution in [0, 0.1) is 5.92 Å². The molecule has 0 aromatic heterocycles. The number of hydrogen-bond donors (Lipinski definition) is 0. The van der Waals surface area contributed by atoms with Crippen LogP contribution in [-0.4, -0.2) is 31.0 Å². The molecule has 5 heteroatoms. The monoisotopic (exact) mass is 299 g/mol. The quantitative estimate of drug-likeness (QED) is 0.757. The molecule has 1 aromatic rings. The molecule has 1 aliphatic heterocycles. The summed E-state index contributed by atoms with van der Waals surface area (Å²) in [6.45, 7) is 6.15. The summed E-state index contributed by atoms with van der Waals surface area (Å²) in [5.74, 6) is -1.45. The van der Waals surface area contributed by atoms with E-state index in [2.05, 4.69) is 6.58 Å². The van der Waals surface area contributed by atoms with Crippen LogP contribution in [0.15, 0.2) is 42.5 Å². The molecule has 0 spiro atoms. The molecule has 0 saturated carbocycles. The molecule has 0 radical (unpaired) electrons. The minimum atomic E-state index is -4.23. The molecule has 1 heterocycles. The second kappa shape index (κ2) is 6.62. The van der Waals surface area contributed by atoms with Crippen LogP contribution in [-0.2, 0) is 4.74 Å². The maximum atomic E-state index is 13.0. The van der Waals surface area contributed by atoms with Gasteiger partial charge in [-0.1, -0.05) is 42.5 Å². The fourth-order valence-electron chi connectivity index (χ4n) is 2.66. The van der Waals surface area contributed by atoms with Gasteiger partial charge in [0.1, 0.15) is 0 Å². The Kier molecular flexibility index (Phi) is 5.06. The van der Waals surface area contributed by atoms with E-state index in [4.69, 9.17) is 4.74 Å². The largest absolute Gasteiger partial charge is 0.395 e. The van der Waals surface area contributed by atoms with Crippen molar-refractivity contribution in [3.8, 4) is 0 Å². The summed E-state index contributed by atoms with van der Waals surface area (Å²) in [6.07, 6.45) is -4.21. The number of alkyl halides is 3. The van der Waals surface area contributed by atoms with Gasteiger partial charge in [-0.15, -0.1) is 0 Å². The highest BCUT2D eigenvalue weighted by atomic mass is 19.4. The molecule has 2 rings (SSSR count). The molecule has 1 aliphatic rings. The molecule has 0 bridgehead atoms. The molecule has 21 heavy (non-hydrogen) atoms. The molecular weight excluding hydrogens is 279 g/mol. The van der Waals surface area contributed by atoms with Crippen LogP contribution in [0.5, 0.6) is 0 Å². The summed E-state index contributed by atoms with van der Waals surface area (Å²) in [6, 6.07) is 9.77.